The summed E-state index contributed by atoms with van der Waals surface area (Å²) in [5, 5.41) is 11.8. The highest BCUT2D eigenvalue weighted by atomic mass is 16.6. The van der Waals surface area contributed by atoms with E-state index in [1.54, 1.807) is 38.1 Å². The zero-order chi connectivity index (χ0) is 27.8. The highest BCUT2D eigenvalue weighted by Gasteiger charge is 2.40. The Bertz CT molecular complexity index is 1190. The molecule has 2 heterocycles. The first kappa shape index (κ1) is 28.3. The summed E-state index contributed by atoms with van der Waals surface area (Å²) in [5.41, 5.74) is 0.0568. The first-order valence-corrected chi connectivity index (χ1v) is 12.0. The average molecular weight is 527 g/mol. The van der Waals surface area contributed by atoms with Crippen molar-refractivity contribution in [2.45, 2.75) is 52.6 Å². The second-order valence-corrected chi connectivity index (χ2v) is 8.95. The third kappa shape index (κ3) is 7.39. The number of pyridine rings is 1. The summed E-state index contributed by atoms with van der Waals surface area (Å²) in [6.45, 7) is 6.11. The van der Waals surface area contributed by atoms with Crippen LogP contribution in [0.5, 0.6) is 5.75 Å². The minimum absolute atomic E-state index is 0.0361. The van der Waals surface area contributed by atoms with Gasteiger partial charge in [0.05, 0.1) is 5.92 Å². The van der Waals surface area contributed by atoms with Crippen LogP contribution in [0, 0.1) is 11.8 Å². The normalized spacial score (nSPS) is 21.9. The first-order chi connectivity index (χ1) is 18.1. The number of rotatable bonds is 8. The number of carbonyl (C=O) groups is 4. The molecule has 0 saturated heterocycles. The van der Waals surface area contributed by atoms with Crippen molar-refractivity contribution in [2.24, 2.45) is 11.8 Å². The fraction of sp³-hybridized carbons (Fsp3) is 0.370. The van der Waals surface area contributed by atoms with Gasteiger partial charge in [0.25, 0.3) is 5.91 Å². The van der Waals surface area contributed by atoms with Gasteiger partial charge in [-0.3, -0.25) is 14.4 Å². The van der Waals surface area contributed by atoms with Gasteiger partial charge >= 0.3 is 17.9 Å². The Labute approximate surface area is 219 Å². The number of aliphatic hydroxyl groups is 1. The molecule has 1 aliphatic rings. The Morgan fingerprint density at radius 3 is 2.47 bits per heavy atom. The molecule has 2 N–H and O–H groups in total. The highest BCUT2D eigenvalue weighted by molar-refractivity contribution is 6.01. The van der Waals surface area contributed by atoms with Gasteiger partial charge in [0.1, 0.15) is 18.3 Å². The summed E-state index contributed by atoms with van der Waals surface area (Å²) in [6.07, 6.45) is -1.22. The molecule has 0 radical (unpaired) electrons. The molecule has 1 aromatic heterocycles. The second-order valence-electron chi connectivity index (χ2n) is 8.95. The van der Waals surface area contributed by atoms with Crippen molar-refractivity contribution >= 4 is 23.8 Å². The SMILES string of the molecule is CC(C)C(=O)OC1[C@H](C)OC(=O)/C(NC(=O)c2ncccc2O[C@H](C)O)=C\OC(=O)[C@@H]1Cc1ccccc1. The number of esters is 3. The standard InChI is InChI=1S/C27H30N2O9/c1-15(2)25(32)38-23-16(3)36-27(34)20(14-35-26(33)19(23)13-18-9-6-5-7-10-18)29-24(31)22-21(37-17(4)30)11-8-12-28-22/h5-12,14-17,19,23,30H,13H2,1-4H3,(H,29,31)/b20-14+/t16-,17+,19+,23?/m0/s1. The molecule has 202 valence electrons. The van der Waals surface area contributed by atoms with Gasteiger partial charge in [0.15, 0.2) is 29.5 Å². The predicted octanol–water partition coefficient (Wildman–Crippen LogP) is 2.29. The summed E-state index contributed by atoms with van der Waals surface area (Å²) < 4.78 is 21.6. The van der Waals surface area contributed by atoms with Crippen LogP contribution < -0.4 is 10.1 Å². The third-order valence-corrected chi connectivity index (χ3v) is 5.52. The Morgan fingerprint density at radius 2 is 1.82 bits per heavy atom. The van der Waals surface area contributed by atoms with E-state index in [2.05, 4.69) is 10.3 Å². The lowest BCUT2D eigenvalue weighted by Crippen LogP contribution is -2.44. The summed E-state index contributed by atoms with van der Waals surface area (Å²) >= 11 is 0. The van der Waals surface area contributed by atoms with E-state index < -0.39 is 59.8 Å². The molecular formula is C27H30N2O9. The molecule has 38 heavy (non-hydrogen) atoms. The molecule has 1 unspecified atom stereocenters. The molecule has 0 spiro atoms. The number of aliphatic hydroxyl groups excluding tert-OH is 1. The van der Waals surface area contributed by atoms with Crippen LogP contribution in [0.3, 0.4) is 0 Å². The van der Waals surface area contributed by atoms with E-state index in [9.17, 15) is 24.3 Å². The summed E-state index contributed by atoms with van der Waals surface area (Å²) in [4.78, 5) is 55.5. The zero-order valence-electron chi connectivity index (χ0n) is 21.5. The number of carbonyl (C=O) groups excluding carboxylic acids is 4. The van der Waals surface area contributed by atoms with Crippen LogP contribution in [-0.2, 0) is 35.0 Å². The molecule has 2 aromatic rings. The van der Waals surface area contributed by atoms with E-state index >= 15 is 0 Å². The number of amides is 1. The van der Waals surface area contributed by atoms with Gasteiger partial charge in [-0.1, -0.05) is 44.2 Å². The van der Waals surface area contributed by atoms with Crippen molar-refractivity contribution in [3.8, 4) is 5.75 Å². The van der Waals surface area contributed by atoms with Crippen LogP contribution >= 0.6 is 0 Å². The van der Waals surface area contributed by atoms with Crippen molar-refractivity contribution < 1.29 is 43.2 Å². The van der Waals surface area contributed by atoms with Gasteiger partial charge in [0.2, 0.25) is 0 Å². The Balaban J connectivity index is 1.91. The number of nitrogens with zero attached hydrogens (tertiary/aromatic N) is 1. The van der Waals surface area contributed by atoms with E-state index in [1.807, 2.05) is 6.07 Å². The van der Waals surface area contributed by atoms with E-state index in [1.165, 1.54) is 32.2 Å². The largest absolute Gasteiger partial charge is 0.463 e. The van der Waals surface area contributed by atoms with E-state index in [-0.39, 0.29) is 17.9 Å². The van der Waals surface area contributed by atoms with Crippen molar-refractivity contribution in [3.05, 3.63) is 71.9 Å². The molecule has 0 bridgehead atoms. The van der Waals surface area contributed by atoms with Crippen LogP contribution in [-0.4, -0.2) is 52.4 Å². The van der Waals surface area contributed by atoms with E-state index in [0.29, 0.717) is 0 Å². The number of hydrogen-bond donors (Lipinski definition) is 2. The molecule has 1 aliphatic heterocycles. The maximum Gasteiger partial charge on any atom is 0.358 e. The Morgan fingerprint density at radius 1 is 1.11 bits per heavy atom. The number of benzene rings is 1. The molecule has 1 aromatic carbocycles. The lowest BCUT2D eigenvalue weighted by atomic mass is 9.91. The van der Waals surface area contributed by atoms with Crippen LogP contribution in [0.2, 0.25) is 0 Å². The van der Waals surface area contributed by atoms with Gasteiger partial charge < -0.3 is 29.4 Å². The monoisotopic (exact) mass is 526 g/mol. The number of nitrogens with one attached hydrogen (secondary N) is 1. The molecule has 4 atom stereocenters. The fourth-order valence-electron chi connectivity index (χ4n) is 3.63. The molecule has 0 aliphatic carbocycles. The van der Waals surface area contributed by atoms with Crippen molar-refractivity contribution in [1.82, 2.24) is 10.3 Å². The van der Waals surface area contributed by atoms with Gasteiger partial charge in [-0.25, -0.2) is 9.78 Å². The maximum atomic E-state index is 13.2. The van der Waals surface area contributed by atoms with Crippen LogP contribution in [0.4, 0.5) is 0 Å². The molecule has 3 rings (SSSR count). The minimum Gasteiger partial charge on any atom is -0.463 e. The quantitative estimate of drug-likeness (QED) is 0.298. The predicted molar refractivity (Wildman–Crippen MR) is 132 cm³/mol. The lowest BCUT2D eigenvalue weighted by molar-refractivity contribution is -0.175. The molecule has 0 fully saturated rings. The molecule has 1 amide bonds. The molecule has 11 heteroatoms. The lowest BCUT2D eigenvalue weighted by Gasteiger charge is -2.29. The summed E-state index contributed by atoms with van der Waals surface area (Å²) in [6, 6.07) is 11.9. The first-order valence-electron chi connectivity index (χ1n) is 12.0. The van der Waals surface area contributed by atoms with Crippen molar-refractivity contribution in [1.29, 1.82) is 0 Å². The summed E-state index contributed by atoms with van der Waals surface area (Å²) in [7, 11) is 0. The average Bonchev–Trinajstić information content (AvgIpc) is 2.91. The van der Waals surface area contributed by atoms with Crippen molar-refractivity contribution in [2.75, 3.05) is 0 Å². The Hall–Kier alpha value is -4.25. The van der Waals surface area contributed by atoms with Crippen molar-refractivity contribution in [3.63, 3.8) is 0 Å². The minimum atomic E-state index is -1.23. The van der Waals surface area contributed by atoms with Gasteiger partial charge in [-0.2, -0.15) is 0 Å². The molecule has 0 saturated carbocycles. The second kappa shape index (κ2) is 12.8. The number of aromatic nitrogens is 1. The third-order valence-electron chi connectivity index (χ3n) is 5.52. The molecule has 11 nitrogen and oxygen atoms in total. The van der Waals surface area contributed by atoms with E-state index in [0.717, 1.165) is 11.8 Å². The maximum absolute atomic E-state index is 13.2. The fourth-order valence-corrected chi connectivity index (χ4v) is 3.63. The van der Waals surface area contributed by atoms with Crippen LogP contribution in [0.25, 0.3) is 0 Å². The highest BCUT2D eigenvalue weighted by Crippen LogP contribution is 2.25. The molecular weight excluding hydrogens is 496 g/mol. The van der Waals surface area contributed by atoms with Gasteiger partial charge in [0, 0.05) is 6.20 Å². The summed E-state index contributed by atoms with van der Waals surface area (Å²) in [5.74, 6) is -4.83. The Kier molecular flexibility index (Phi) is 9.55. The zero-order valence-corrected chi connectivity index (χ0v) is 21.5. The van der Waals surface area contributed by atoms with Crippen LogP contribution in [0.1, 0.15) is 43.7 Å². The van der Waals surface area contributed by atoms with E-state index in [4.69, 9.17) is 18.9 Å². The number of ether oxygens (including phenoxy) is 4. The number of cyclic esters (lactones) is 2. The topological polar surface area (TPSA) is 150 Å². The van der Waals surface area contributed by atoms with Gasteiger partial charge in [-0.15, -0.1) is 0 Å². The van der Waals surface area contributed by atoms with Gasteiger partial charge in [-0.05, 0) is 38.0 Å². The smallest absolute Gasteiger partial charge is 0.358 e. The number of hydrogen-bond acceptors (Lipinski definition) is 10. The van der Waals surface area contributed by atoms with Crippen LogP contribution in [0.15, 0.2) is 60.6 Å².